The number of nitrogens with zero attached hydrogens (tertiary/aromatic N) is 1. The minimum atomic E-state index is -1.11. The van der Waals surface area contributed by atoms with Gasteiger partial charge >= 0.3 is 5.97 Å². The Morgan fingerprint density at radius 2 is 1.65 bits per heavy atom. The van der Waals surface area contributed by atoms with Crippen LogP contribution in [0.25, 0.3) is 17.5 Å². The van der Waals surface area contributed by atoms with Gasteiger partial charge in [-0.15, -0.1) is 0 Å². The number of benzene rings is 3. The summed E-state index contributed by atoms with van der Waals surface area (Å²) in [6.07, 6.45) is 1.51. The summed E-state index contributed by atoms with van der Waals surface area (Å²) in [6.45, 7) is 2.33. The molecule has 0 saturated carbocycles. The first-order chi connectivity index (χ1) is 16.6. The quantitative estimate of drug-likeness (QED) is 0.245. The zero-order valence-corrected chi connectivity index (χ0v) is 18.6. The standard InChI is InChI=1S/C27H24N2O5/c1-19-25(28-26(34-19)22-10-6-3-7-11-22)18-32-23-14-12-21(13-15-23)17-33-29-24(27(30)31)16-20-8-4-2-5-9-20/h2-16,29H,17-18H2,1H3,(H,30,31). The van der Waals surface area contributed by atoms with Crippen molar-refractivity contribution >= 4 is 12.0 Å². The maximum Gasteiger partial charge on any atom is 0.354 e. The van der Waals surface area contributed by atoms with Crippen LogP contribution in [0.4, 0.5) is 0 Å². The van der Waals surface area contributed by atoms with Gasteiger partial charge in [0.05, 0.1) is 6.61 Å². The van der Waals surface area contributed by atoms with E-state index in [-0.39, 0.29) is 18.9 Å². The first kappa shape index (κ1) is 22.8. The molecule has 0 spiro atoms. The Kier molecular flexibility index (Phi) is 7.37. The zero-order valence-electron chi connectivity index (χ0n) is 18.6. The van der Waals surface area contributed by atoms with Crippen molar-refractivity contribution in [1.29, 1.82) is 0 Å². The van der Waals surface area contributed by atoms with E-state index in [1.54, 1.807) is 0 Å². The molecular weight excluding hydrogens is 432 g/mol. The molecule has 0 atom stereocenters. The highest BCUT2D eigenvalue weighted by Crippen LogP contribution is 2.23. The van der Waals surface area contributed by atoms with Crippen molar-refractivity contribution in [3.63, 3.8) is 0 Å². The Hall–Kier alpha value is -4.36. The third-order valence-electron chi connectivity index (χ3n) is 4.97. The third-order valence-corrected chi connectivity index (χ3v) is 4.97. The second kappa shape index (κ2) is 11.0. The molecule has 3 aromatic carbocycles. The number of ether oxygens (including phenoxy) is 1. The smallest absolute Gasteiger partial charge is 0.354 e. The van der Waals surface area contributed by atoms with E-state index in [4.69, 9.17) is 14.0 Å². The zero-order chi connectivity index (χ0) is 23.8. The molecule has 172 valence electrons. The number of aromatic nitrogens is 1. The van der Waals surface area contributed by atoms with Crippen LogP contribution in [0.5, 0.6) is 5.75 Å². The summed E-state index contributed by atoms with van der Waals surface area (Å²) in [5.74, 6) is 0.855. The highest BCUT2D eigenvalue weighted by molar-refractivity contribution is 5.91. The molecule has 0 amide bonds. The second-order valence-corrected chi connectivity index (χ2v) is 7.49. The van der Waals surface area contributed by atoms with Gasteiger partial charge in [-0.25, -0.2) is 9.78 Å². The summed E-state index contributed by atoms with van der Waals surface area (Å²) < 4.78 is 11.6. The van der Waals surface area contributed by atoms with Crippen molar-refractivity contribution in [1.82, 2.24) is 10.5 Å². The van der Waals surface area contributed by atoms with E-state index in [2.05, 4.69) is 10.5 Å². The number of hydroxylamine groups is 1. The van der Waals surface area contributed by atoms with Gasteiger partial charge in [-0.1, -0.05) is 60.7 Å². The summed E-state index contributed by atoms with van der Waals surface area (Å²) in [7, 11) is 0. The number of carbonyl (C=O) groups is 1. The van der Waals surface area contributed by atoms with Crippen LogP contribution in [-0.4, -0.2) is 16.1 Å². The van der Waals surface area contributed by atoms with Crippen molar-refractivity contribution < 1.29 is 23.9 Å². The molecule has 4 rings (SSSR count). The predicted molar refractivity (Wildman–Crippen MR) is 127 cm³/mol. The molecule has 4 aromatic rings. The highest BCUT2D eigenvalue weighted by atomic mass is 16.6. The van der Waals surface area contributed by atoms with Crippen molar-refractivity contribution in [2.45, 2.75) is 20.1 Å². The van der Waals surface area contributed by atoms with Crippen LogP contribution >= 0.6 is 0 Å². The first-order valence-electron chi connectivity index (χ1n) is 10.7. The van der Waals surface area contributed by atoms with Gasteiger partial charge in [0.15, 0.2) is 0 Å². The minimum absolute atomic E-state index is 0.0518. The molecule has 0 radical (unpaired) electrons. The maximum absolute atomic E-state index is 11.4. The van der Waals surface area contributed by atoms with E-state index >= 15 is 0 Å². The second-order valence-electron chi connectivity index (χ2n) is 7.49. The molecule has 1 aromatic heterocycles. The molecule has 7 nitrogen and oxygen atoms in total. The van der Waals surface area contributed by atoms with E-state index < -0.39 is 5.97 Å². The monoisotopic (exact) mass is 456 g/mol. The van der Waals surface area contributed by atoms with Gasteiger partial charge in [-0.2, -0.15) is 0 Å². The minimum Gasteiger partial charge on any atom is -0.487 e. The number of aryl methyl sites for hydroxylation is 1. The van der Waals surface area contributed by atoms with Crippen LogP contribution < -0.4 is 10.2 Å². The van der Waals surface area contributed by atoms with Crippen molar-refractivity contribution in [2.75, 3.05) is 0 Å². The SMILES string of the molecule is Cc1oc(-c2ccccc2)nc1COc1ccc(CONC(=Cc2ccccc2)C(=O)O)cc1. The molecule has 0 unspecified atom stereocenters. The Bertz CT molecular complexity index is 1250. The fourth-order valence-corrected chi connectivity index (χ4v) is 3.15. The maximum atomic E-state index is 11.4. The number of oxazole rings is 1. The Balaban J connectivity index is 1.29. The number of hydrogen-bond donors (Lipinski definition) is 2. The molecule has 1 heterocycles. The van der Waals surface area contributed by atoms with Gasteiger partial charge in [-0.05, 0) is 48.4 Å². The van der Waals surface area contributed by atoms with E-state index in [0.717, 1.165) is 22.4 Å². The average molecular weight is 456 g/mol. The van der Waals surface area contributed by atoms with E-state index in [9.17, 15) is 9.90 Å². The van der Waals surface area contributed by atoms with Gasteiger partial charge in [0.2, 0.25) is 5.89 Å². The summed E-state index contributed by atoms with van der Waals surface area (Å²) in [4.78, 5) is 21.4. The molecule has 0 aliphatic rings. The van der Waals surface area contributed by atoms with Crippen molar-refractivity contribution in [3.05, 3.63) is 113 Å². The number of hydrogen-bond acceptors (Lipinski definition) is 6. The molecule has 0 aliphatic carbocycles. The normalized spacial score (nSPS) is 11.3. The largest absolute Gasteiger partial charge is 0.487 e. The van der Waals surface area contributed by atoms with Crippen molar-refractivity contribution in [3.8, 4) is 17.2 Å². The van der Waals surface area contributed by atoms with Crippen LogP contribution in [0, 0.1) is 6.92 Å². The van der Waals surface area contributed by atoms with Crippen LogP contribution in [0.1, 0.15) is 22.6 Å². The first-order valence-corrected chi connectivity index (χ1v) is 10.7. The van der Waals surface area contributed by atoms with Crippen LogP contribution in [0.2, 0.25) is 0 Å². The molecule has 0 fully saturated rings. The molecule has 0 bridgehead atoms. The van der Waals surface area contributed by atoms with Gasteiger partial charge in [0.25, 0.3) is 0 Å². The third kappa shape index (κ3) is 6.11. The predicted octanol–water partition coefficient (Wildman–Crippen LogP) is 5.38. The fraction of sp³-hybridized carbons (Fsp3) is 0.111. The number of rotatable bonds is 10. The lowest BCUT2D eigenvalue weighted by molar-refractivity contribution is -0.134. The molecular formula is C27H24N2O5. The average Bonchev–Trinajstić information content (AvgIpc) is 3.24. The van der Waals surface area contributed by atoms with Gasteiger partial charge in [-0.3, -0.25) is 10.3 Å². The lowest BCUT2D eigenvalue weighted by Crippen LogP contribution is -2.20. The van der Waals surface area contributed by atoms with Gasteiger partial charge in [0.1, 0.15) is 29.5 Å². The van der Waals surface area contributed by atoms with E-state index in [0.29, 0.717) is 17.4 Å². The molecule has 0 aliphatic heterocycles. The summed E-state index contributed by atoms with van der Waals surface area (Å²) >= 11 is 0. The lowest BCUT2D eigenvalue weighted by atomic mass is 10.2. The fourth-order valence-electron chi connectivity index (χ4n) is 3.15. The summed E-state index contributed by atoms with van der Waals surface area (Å²) in [6, 6.07) is 26.2. The summed E-state index contributed by atoms with van der Waals surface area (Å²) in [5, 5.41) is 9.37. The highest BCUT2D eigenvalue weighted by Gasteiger charge is 2.12. The topological polar surface area (TPSA) is 93.8 Å². The molecule has 34 heavy (non-hydrogen) atoms. The van der Waals surface area contributed by atoms with Crippen LogP contribution in [0.15, 0.2) is 95.0 Å². The lowest BCUT2D eigenvalue weighted by Gasteiger charge is -2.09. The van der Waals surface area contributed by atoms with Crippen LogP contribution in [0.3, 0.4) is 0 Å². The number of carboxylic acids is 1. The van der Waals surface area contributed by atoms with Gasteiger partial charge < -0.3 is 14.3 Å². The Morgan fingerprint density at radius 3 is 2.32 bits per heavy atom. The number of nitrogens with one attached hydrogen (secondary N) is 1. The van der Waals surface area contributed by atoms with Crippen LogP contribution in [-0.2, 0) is 22.8 Å². The van der Waals surface area contributed by atoms with E-state index in [1.165, 1.54) is 6.08 Å². The Morgan fingerprint density at radius 1 is 0.971 bits per heavy atom. The van der Waals surface area contributed by atoms with Gasteiger partial charge in [0, 0.05) is 5.56 Å². The number of aliphatic carboxylic acids is 1. The van der Waals surface area contributed by atoms with Crippen molar-refractivity contribution in [2.24, 2.45) is 0 Å². The Labute approximate surface area is 197 Å². The van der Waals surface area contributed by atoms with E-state index in [1.807, 2.05) is 91.9 Å². The summed E-state index contributed by atoms with van der Waals surface area (Å²) in [5.41, 5.74) is 5.73. The number of carboxylic acid groups (broad SMARTS) is 1. The molecule has 0 saturated heterocycles. The molecule has 2 N–H and O–H groups in total. The molecule has 7 heteroatoms.